The molecule has 0 aliphatic carbocycles. The number of nitrogens with one attached hydrogen (secondary N) is 1. The minimum absolute atomic E-state index is 0.0755. The van der Waals surface area contributed by atoms with Crippen molar-refractivity contribution in [3.8, 4) is 0 Å². The fourth-order valence-electron chi connectivity index (χ4n) is 2.57. The summed E-state index contributed by atoms with van der Waals surface area (Å²) >= 11 is 15.5. The van der Waals surface area contributed by atoms with E-state index in [-0.39, 0.29) is 20.6 Å². The summed E-state index contributed by atoms with van der Waals surface area (Å²) in [5.74, 6) is -0.581. The normalized spacial score (nSPS) is 11.1. The van der Waals surface area contributed by atoms with Crippen LogP contribution < -0.4 is 9.62 Å². The third-order valence-electron chi connectivity index (χ3n) is 3.96. The molecular formula is C20H15BrCl2N2O3S. The van der Waals surface area contributed by atoms with Crippen LogP contribution >= 0.6 is 39.1 Å². The Morgan fingerprint density at radius 1 is 0.897 bits per heavy atom. The molecule has 0 heterocycles. The number of nitrogens with zero attached hydrogens (tertiary/aromatic N) is 1. The molecular weight excluding hydrogens is 499 g/mol. The predicted octanol–water partition coefficient (Wildman–Crippen LogP) is 5.59. The number of amides is 1. The van der Waals surface area contributed by atoms with E-state index in [1.807, 2.05) is 0 Å². The van der Waals surface area contributed by atoms with Crippen molar-refractivity contribution in [3.63, 3.8) is 0 Å². The number of carbonyl (C=O) groups is 1. The van der Waals surface area contributed by atoms with Crippen LogP contribution in [0, 0.1) is 0 Å². The van der Waals surface area contributed by atoms with Crippen LogP contribution in [0.3, 0.4) is 0 Å². The number of para-hydroxylation sites is 1. The maximum Gasteiger partial charge on any atom is 0.264 e. The van der Waals surface area contributed by atoms with Gasteiger partial charge >= 0.3 is 0 Å². The van der Waals surface area contributed by atoms with E-state index in [9.17, 15) is 13.2 Å². The van der Waals surface area contributed by atoms with Crippen LogP contribution in [-0.2, 0) is 14.8 Å². The molecule has 5 nitrogen and oxygen atoms in total. The zero-order valence-corrected chi connectivity index (χ0v) is 18.8. The summed E-state index contributed by atoms with van der Waals surface area (Å²) in [5.41, 5.74) is 0.575. The number of benzene rings is 3. The lowest BCUT2D eigenvalue weighted by Crippen LogP contribution is -2.38. The molecule has 0 unspecified atom stereocenters. The Morgan fingerprint density at radius 3 is 2.07 bits per heavy atom. The number of sulfonamides is 1. The minimum Gasteiger partial charge on any atom is -0.322 e. The monoisotopic (exact) mass is 512 g/mol. The fraction of sp³-hybridized carbons (Fsp3) is 0.0500. The van der Waals surface area contributed by atoms with Crippen LogP contribution in [0.15, 0.2) is 82.2 Å². The first-order valence-corrected chi connectivity index (χ1v) is 11.3. The van der Waals surface area contributed by atoms with Gasteiger partial charge < -0.3 is 5.32 Å². The molecule has 1 amide bonds. The third-order valence-corrected chi connectivity index (χ3v) is 6.91. The summed E-state index contributed by atoms with van der Waals surface area (Å²) in [6.45, 7) is -0.458. The summed E-state index contributed by atoms with van der Waals surface area (Å²) in [7, 11) is -3.98. The molecule has 3 aromatic rings. The molecule has 9 heteroatoms. The summed E-state index contributed by atoms with van der Waals surface area (Å²) in [5, 5.41) is 3.11. The summed E-state index contributed by atoms with van der Waals surface area (Å²) < 4.78 is 28.3. The topological polar surface area (TPSA) is 66.5 Å². The van der Waals surface area contributed by atoms with Gasteiger partial charge in [-0.2, -0.15) is 0 Å². The summed E-state index contributed by atoms with van der Waals surface area (Å²) in [6, 6.07) is 19.3. The molecule has 150 valence electrons. The highest BCUT2D eigenvalue weighted by Crippen LogP contribution is 2.30. The van der Waals surface area contributed by atoms with E-state index in [2.05, 4.69) is 21.2 Å². The second-order valence-electron chi connectivity index (χ2n) is 5.95. The molecule has 0 saturated heterocycles. The summed E-state index contributed by atoms with van der Waals surface area (Å²) in [6.07, 6.45) is 0. The molecule has 0 aliphatic heterocycles. The van der Waals surface area contributed by atoms with Gasteiger partial charge in [0.25, 0.3) is 10.0 Å². The Labute approximate surface area is 187 Å². The summed E-state index contributed by atoms with van der Waals surface area (Å²) in [4.78, 5) is 12.8. The lowest BCUT2D eigenvalue weighted by molar-refractivity contribution is -0.114. The second kappa shape index (κ2) is 9.17. The SMILES string of the molecule is O=C(CN(c1ccc(Br)cc1)S(=O)(=O)c1ccccc1)Nc1c(Cl)cccc1Cl. The molecule has 0 aromatic heterocycles. The maximum absolute atomic E-state index is 13.2. The molecule has 0 saturated carbocycles. The molecule has 0 bridgehead atoms. The van der Waals surface area contributed by atoms with Gasteiger partial charge in [0.15, 0.2) is 0 Å². The zero-order chi connectivity index (χ0) is 21.0. The molecule has 0 radical (unpaired) electrons. The van der Waals surface area contributed by atoms with Crippen molar-refractivity contribution in [2.75, 3.05) is 16.2 Å². The van der Waals surface area contributed by atoms with Gasteiger partial charge in [-0.1, -0.05) is 63.4 Å². The number of halogens is 3. The van der Waals surface area contributed by atoms with Gasteiger partial charge in [-0.3, -0.25) is 9.10 Å². The van der Waals surface area contributed by atoms with Crippen LogP contribution in [0.5, 0.6) is 0 Å². The van der Waals surface area contributed by atoms with E-state index in [1.165, 1.54) is 12.1 Å². The first-order chi connectivity index (χ1) is 13.8. The van der Waals surface area contributed by atoms with Crippen molar-refractivity contribution < 1.29 is 13.2 Å². The number of rotatable bonds is 6. The van der Waals surface area contributed by atoms with Gasteiger partial charge in [0.2, 0.25) is 5.91 Å². The average molecular weight is 514 g/mol. The highest BCUT2D eigenvalue weighted by Gasteiger charge is 2.27. The second-order valence-corrected chi connectivity index (χ2v) is 9.54. The molecule has 1 N–H and O–H groups in total. The quantitative estimate of drug-likeness (QED) is 0.467. The van der Waals surface area contributed by atoms with Gasteiger partial charge in [0.1, 0.15) is 6.54 Å². The Kier molecular flexibility index (Phi) is 6.85. The first-order valence-electron chi connectivity index (χ1n) is 8.36. The largest absolute Gasteiger partial charge is 0.322 e. The standard InChI is InChI=1S/C20H15BrCl2N2O3S/c21-14-9-11-15(12-10-14)25(29(27,28)16-5-2-1-3-6-16)13-19(26)24-20-17(22)7-4-8-18(20)23/h1-12H,13H2,(H,24,26). The molecule has 0 aliphatic rings. The van der Waals surface area contributed by atoms with E-state index >= 15 is 0 Å². The predicted molar refractivity (Wildman–Crippen MR) is 120 cm³/mol. The van der Waals surface area contributed by atoms with E-state index in [0.29, 0.717) is 5.69 Å². The van der Waals surface area contributed by atoms with Gasteiger partial charge in [-0.05, 0) is 48.5 Å². The number of hydrogen-bond donors (Lipinski definition) is 1. The Hall–Kier alpha value is -2.06. The molecule has 29 heavy (non-hydrogen) atoms. The van der Waals surface area contributed by atoms with Crippen molar-refractivity contribution in [2.45, 2.75) is 4.90 Å². The van der Waals surface area contributed by atoms with Crippen LogP contribution in [0.2, 0.25) is 10.0 Å². The van der Waals surface area contributed by atoms with Crippen molar-refractivity contribution in [1.29, 1.82) is 0 Å². The van der Waals surface area contributed by atoms with E-state index in [4.69, 9.17) is 23.2 Å². The van der Waals surface area contributed by atoms with Crippen LogP contribution in [0.1, 0.15) is 0 Å². The zero-order valence-electron chi connectivity index (χ0n) is 14.8. The smallest absolute Gasteiger partial charge is 0.264 e. The Bertz CT molecular complexity index is 1100. The number of anilines is 2. The van der Waals surface area contributed by atoms with Gasteiger partial charge in [0.05, 0.1) is 26.3 Å². The lowest BCUT2D eigenvalue weighted by atomic mass is 10.3. The molecule has 3 rings (SSSR count). The van der Waals surface area contributed by atoms with Crippen molar-refractivity contribution in [3.05, 3.63) is 87.3 Å². The highest BCUT2D eigenvalue weighted by atomic mass is 79.9. The fourth-order valence-corrected chi connectivity index (χ4v) is 4.77. The molecule has 0 spiro atoms. The van der Waals surface area contributed by atoms with Crippen LogP contribution in [-0.4, -0.2) is 20.9 Å². The van der Waals surface area contributed by atoms with Crippen molar-refractivity contribution in [2.24, 2.45) is 0 Å². The van der Waals surface area contributed by atoms with Crippen LogP contribution in [0.4, 0.5) is 11.4 Å². The van der Waals surface area contributed by atoms with E-state index in [0.717, 1.165) is 8.78 Å². The first kappa shape index (κ1) is 21.6. The van der Waals surface area contributed by atoms with Crippen molar-refractivity contribution in [1.82, 2.24) is 0 Å². The van der Waals surface area contributed by atoms with Gasteiger partial charge in [-0.25, -0.2) is 8.42 Å². The van der Waals surface area contributed by atoms with Gasteiger partial charge in [0, 0.05) is 4.47 Å². The Balaban J connectivity index is 1.96. The third kappa shape index (κ3) is 5.11. The lowest BCUT2D eigenvalue weighted by Gasteiger charge is -2.24. The minimum atomic E-state index is -3.98. The number of carbonyl (C=O) groups excluding carboxylic acids is 1. The average Bonchev–Trinajstić information content (AvgIpc) is 2.70. The van der Waals surface area contributed by atoms with Crippen LogP contribution in [0.25, 0.3) is 0 Å². The molecule has 3 aromatic carbocycles. The number of hydrogen-bond acceptors (Lipinski definition) is 3. The van der Waals surface area contributed by atoms with E-state index in [1.54, 1.807) is 60.7 Å². The molecule has 0 fully saturated rings. The van der Waals surface area contributed by atoms with E-state index < -0.39 is 22.5 Å². The van der Waals surface area contributed by atoms with Gasteiger partial charge in [-0.15, -0.1) is 0 Å². The molecule has 0 atom stereocenters. The Morgan fingerprint density at radius 2 is 1.48 bits per heavy atom. The van der Waals surface area contributed by atoms with Crippen molar-refractivity contribution >= 4 is 66.4 Å². The highest BCUT2D eigenvalue weighted by molar-refractivity contribution is 9.10. The maximum atomic E-state index is 13.2.